The SMILES string of the molecule is CCOC(=O)C1=C(C)N(C)c2c(C)c(N(CC)CC)c(C)c(=O)n2[C@@H]1c1ccccc1. The number of rotatable bonds is 6. The van der Waals surface area contributed by atoms with Crippen LogP contribution in [0.25, 0.3) is 0 Å². The minimum absolute atomic E-state index is 0.0856. The molecule has 1 aliphatic rings. The van der Waals surface area contributed by atoms with E-state index in [1.165, 1.54) is 0 Å². The maximum atomic E-state index is 13.8. The first kappa shape index (κ1) is 22.7. The van der Waals surface area contributed by atoms with Crippen molar-refractivity contribution in [3.8, 4) is 0 Å². The van der Waals surface area contributed by atoms with Crippen LogP contribution in [0.3, 0.4) is 0 Å². The van der Waals surface area contributed by atoms with E-state index in [4.69, 9.17) is 4.74 Å². The molecule has 166 valence electrons. The van der Waals surface area contributed by atoms with Crippen LogP contribution >= 0.6 is 0 Å². The van der Waals surface area contributed by atoms with Crippen LogP contribution in [0.2, 0.25) is 0 Å². The summed E-state index contributed by atoms with van der Waals surface area (Å²) in [5.74, 6) is 0.429. The standard InChI is InChI=1S/C25H33N3O3/c1-8-27(9-2)21-16(4)23-26(7)18(6)20(25(30)31-10-3)22(19-14-12-11-13-15-19)28(23)24(29)17(21)5/h11-15,22H,8-10H2,1-7H3/t22-/m1/s1. The maximum Gasteiger partial charge on any atom is 0.338 e. The van der Waals surface area contributed by atoms with Crippen molar-refractivity contribution in [1.82, 2.24) is 4.57 Å². The second kappa shape index (κ2) is 9.00. The van der Waals surface area contributed by atoms with Crippen molar-refractivity contribution in [1.29, 1.82) is 0 Å². The molecule has 0 saturated carbocycles. The fourth-order valence-corrected chi connectivity index (χ4v) is 4.70. The number of aromatic nitrogens is 1. The molecule has 1 aromatic carbocycles. The van der Waals surface area contributed by atoms with Crippen LogP contribution in [0.5, 0.6) is 0 Å². The molecule has 6 nitrogen and oxygen atoms in total. The van der Waals surface area contributed by atoms with Crippen LogP contribution in [0.4, 0.5) is 11.5 Å². The van der Waals surface area contributed by atoms with Gasteiger partial charge in [0, 0.05) is 37.0 Å². The van der Waals surface area contributed by atoms with E-state index in [1.807, 2.05) is 56.1 Å². The Hall–Kier alpha value is -3.02. The Morgan fingerprint density at radius 1 is 1.03 bits per heavy atom. The van der Waals surface area contributed by atoms with Crippen LogP contribution in [-0.4, -0.2) is 37.3 Å². The lowest BCUT2D eigenvalue weighted by molar-refractivity contribution is -0.139. The molecule has 2 aromatic rings. The molecule has 1 atom stereocenters. The minimum Gasteiger partial charge on any atom is -0.463 e. The number of hydrogen-bond acceptors (Lipinski definition) is 5. The fraction of sp³-hybridized carbons (Fsp3) is 0.440. The number of carbonyl (C=O) groups excluding carboxylic acids is 1. The molecular formula is C25H33N3O3. The van der Waals surface area contributed by atoms with Crippen LogP contribution in [0.15, 0.2) is 46.4 Å². The van der Waals surface area contributed by atoms with Crippen molar-refractivity contribution in [2.24, 2.45) is 0 Å². The van der Waals surface area contributed by atoms with Crippen LogP contribution in [0.1, 0.15) is 50.4 Å². The Balaban J connectivity index is 2.42. The number of esters is 1. The zero-order valence-corrected chi connectivity index (χ0v) is 19.7. The van der Waals surface area contributed by atoms with Gasteiger partial charge < -0.3 is 14.5 Å². The molecule has 6 heteroatoms. The third-order valence-electron chi connectivity index (χ3n) is 6.25. The Morgan fingerprint density at radius 2 is 1.65 bits per heavy atom. The Bertz CT molecular complexity index is 1070. The average Bonchev–Trinajstić information content (AvgIpc) is 2.77. The first-order valence-electron chi connectivity index (χ1n) is 11.0. The summed E-state index contributed by atoms with van der Waals surface area (Å²) >= 11 is 0. The number of benzene rings is 1. The number of carbonyl (C=O) groups is 1. The Kier molecular flexibility index (Phi) is 6.58. The normalized spacial score (nSPS) is 15.7. The molecular weight excluding hydrogens is 390 g/mol. The predicted molar refractivity (Wildman–Crippen MR) is 126 cm³/mol. The third-order valence-corrected chi connectivity index (χ3v) is 6.25. The molecule has 2 heterocycles. The lowest BCUT2D eigenvalue weighted by atomic mass is 9.92. The second-order valence-electron chi connectivity index (χ2n) is 7.86. The van der Waals surface area contributed by atoms with Crippen molar-refractivity contribution in [2.75, 3.05) is 36.5 Å². The Morgan fingerprint density at radius 3 is 2.19 bits per heavy atom. The van der Waals surface area contributed by atoms with Gasteiger partial charge in [0.15, 0.2) is 0 Å². The molecule has 0 fully saturated rings. The number of hydrogen-bond donors (Lipinski definition) is 0. The molecule has 1 aliphatic heterocycles. The lowest BCUT2D eigenvalue weighted by Crippen LogP contribution is -2.42. The number of fused-ring (bicyclic) bond motifs is 1. The van der Waals surface area contributed by atoms with Crippen molar-refractivity contribution < 1.29 is 9.53 Å². The van der Waals surface area contributed by atoms with Crippen molar-refractivity contribution >= 4 is 17.5 Å². The highest BCUT2D eigenvalue weighted by Gasteiger charge is 2.38. The maximum absolute atomic E-state index is 13.8. The summed E-state index contributed by atoms with van der Waals surface area (Å²) in [6.45, 7) is 13.8. The molecule has 0 unspecified atom stereocenters. The van der Waals surface area contributed by atoms with E-state index in [9.17, 15) is 9.59 Å². The van der Waals surface area contributed by atoms with Gasteiger partial charge in [-0.15, -0.1) is 0 Å². The summed E-state index contributed by atoms with van der Waals surface area (Å²) in [4.78, 5) is 31.1. The molecule has 0 amide bonds. The van der Waals surface area contributed by atoms with E-state index in [0.717, 1.165) is 41.4 Å². The van der Waals surface area contributed by atoms with Gasteiger partial charge in [0.25, 0.3) is 5.56 Å². The van der Waals surface area contributed by atoms with Crippen molar-refractivity contribution in [3.05, 3.63) is 68.6 Å². The second-order valence-corrected chi connectivity index (χ2v) is 7.86. The number of allylic oxidation sites excluding steroid dienone is 1. The minimum atomic E-state index is -0.540. The topological polar surface area (TPSA) is 54.8 Å². The molecule has 0 spiro atoms. The summed E-state index contributed by atoms with van der Waals surface area (Å²) in [6.07, 6.45) is 0. The number of nitrogens with zero attached hydrogens (tertiary/aromatic N) is 3. The summed E-state index contributed by atoms with van der Waals surface area (Å²) in [5.41, 5.74) is 4.80. The molecule has 0 radical (unpaired) electrons. The van der Waals surface area contributed by atoms with Gasteiger partial charge >= 0.3 is 5.97 Å². The highest BCUT2D eigenvalue weighted by molar-refractivity contribution is 5.93. The summed E-state index contributed by atoms with van der Waals surface area (Å²) in [7, 11) is 1.91. The molecule has 0 saturated heterocycles. The van der Waals surface area contributed by atoms with Crippen molar-refractivity contribution in [3.63, 3.8) is 0 Å². The fourth-order valence-electron chi connectivity index (χ4n) is 4.70. The third kappa shape index (κ3) is 3.64. The molecule has 0 N–H and O–H groups in total. The lowest BCUT2D eigenvalue weighted by Gasteiger charge is -2.40. The molecule has 1 aromatic heterocycles. The van der Waals surface area contributed by atoms with Gasteiger partial charge in [0.1, 0.15) is 5.82 Å². The summed E-state index contributed by atoms with van der Waals surface area (Å²) in [5, 5.41) is 0. The number of anilines is 2. The Labute approximate surface area is 184 Å². The molecule has 31 heavy (non-hydrogen) atoms. The molecule has 0 bridgehead atoms. The zero-order chi connectivity index (χ0) is 22.9. The average molecular weight is 424 g/mol. The summed E-state index contributed by atoms with van der Waals surface area (Å²) < 4.78 is 7.19. The predicted octanol–water partition coefficient (Wildman–Crippen LogP) is 4.19. The first-order chi connectivity index (χ1) is 14.8. The smallest absolute Gasteiger partial charge is 0.338 e. The van der Waals surface area contributed by atoms with E-state index in [-0.39, 0.29) is 18.1 Å². The van der Waals surface area contributed by atoms with E-state index >= 15 is 0 Å². The van der Waals surface area contributed by atoms with Crippen LogP contribution in [-0.2, 0) is 9.53 Å². The van der Waals surface area contributed by atoms with Gasteiger partial charge in [-0.1, -0.05) is 30.3 Å². The van der Waals surface area contributed by atoms with Crippen LogP contribution < -0.4 is 15.4 Å². The first-order valence-corrected chi connectivity index (χ1v) is 11.0. The van der Waals surface area contributed by atoms with E-state index in [2.05, 4.69) is 25.7 Å². The van der Waals surface area contributed by atoms with E-state index in [1.54, 1.807) is 11.5 Å². The highest BCUT2D eigenvalue weighted by Crippen LogP contribution is 2.42. The largest absolute Gasteiger partial charge is 0.463 e. The van der Waals surface area contributed by atoms with Crippen molar-refractivity contribution in [2.45, 2.75) is 47.6 Å². The monoisotopic (exact) mass is 423 g/mol. The van der Waals surface area contributed by atoms with Crippen LogP contribution in [0, 0.1) is 13.8 Å². The van der Waals surface area contributed by atoms with Gasteiger partial charge in [0.2, 0.25) is 0 Å². The highest BCUT2D eigenvalue weighted by atomic mass is 16.5. The quantitative estimate of drug-likeness (QED) is 0.652. The van der Waals surface area contributed by atoms with E-state index < -0.39 is 6.04 Å². The molecule has 0 aliphatic carbocycles. The zero-order valence-electron chi connectivity index (χ0n) is 19.7. The van der Waals surface area contributed by atoms with Gasteiger partial charge in [-0.3, -0.25) is 9.36 Å². The molecule has 3 rings (SSSR count). The number of ether oxygens (including phenoxy) is 1. The van der Waals surface area contributed by atoms with Gasteiger partial charge in [-0.2, -0.15) is 0 Å². The van der Waals surface area contributed by atoms with Gasteiger partial charge in [-0.25, -0.2) is 4.79 Å². The summed E-state index contributed by atoms with van der Waals surface area (Å²) in [6, 6.07) is 9.18. The van der Waals surface area contributed by atoms with Gasteiger partial charge in [-0.05, 0) is 47.1 Å². The van der Waals surface area contributed by atoms with Gasteiger partial charge in [0.05, 0.1) is 23.9 Å². The van der Waals surface area contributed by atoms with E-state index in [0.29, 0.717) is 11.1 Å². The number of pyridine rings is 1.